The zero-order valence-electron chi connectivity index (χ0n) is 12.4. The van der Waals surface area contributed by atoms with Crippen molar-refractivity contribution in [3.63, 3.8) is 0 Å². The number of nitrogens with zero attached hydrogens (tertiary/aromatic N) is 2. The van der Waals surface area contributed by atoms with Crippen molar-refractivity contribution in [3.05, 3.63) is 0 Å². The second-order valence-corrected chi connectivity index (χ2v) is 7.06. The van der Waals surface area contributed by atoms with E-state index in [2.05, 4.69) is 9.80 Å². The van der Waals surface area contributed by atoms with Gasteiger partial charge in [0.2, 0.25) is 0 Å². The van der Waals surface area contributed by atoms with Crippen molar-refractivity contribution in [3.8, 4) is 0 Å². The second-order valence-electron chi connectivity index (χ2n) is 7.06. The van der Waals surface area contributed by atoms with E-state index in [9.17, 15) is 0 Å². The van der Waals surface area contributed by atoms with E-state index in [1.54, 1.807) is 0 Å². The van der Waals surface area contributed by atoms with Crippen LogP contribution in [0.1, 0.15) is 51.4 Å². The molecule has 0 amide bonds. The minimum absolute atomic E-state index is 0.486. The van der Waals surface area contributed by atoms with Gasteiger partial charge in [-0.25, -0.2) is 0 Å². The minimum atomic E-state index is 0.486. The molecule has 0 aromatic carbocycles. The summed E-state index contributed by atoms with van der Waals surface area (Å²) in [7, 11) is 0. The maximum Gasteiger partial charge on any atom is 0.0113 e. The van der Waals surface area contributed by atoms with Gasteiger partial charge in [-0.3, -0.25) is 4.90 Å². The molecule has 0 radical (unpaired) electrons. The molecule has 3 fully saturated rings. The summed E-state index contributed by atoms with van der Waals surface area (Å²) in [6, 6.07) is 1.33. The molecular weight excluding hydrogens is 234 g/mol. The molecule has 1 saturated heterocycles. The van der Waals surface area contributed by atoms with Gasteiger partial charge in [0.1, 0.15) is 0 Å². The highest BCUT2D eigenvalue weighted by Crippen LogP contribution is 2.27. The summed E-state index contributed by atoms with van der Waals surface area (Å²) < 4.78 is 0. The summed E-state index contributed by atoms with van der Waals surface area (Å²) in [6.45, 7) is 6.58. The lowest BCUT2D eigenvalue weighted by atomic mass is 9.90. The third-order valence-corrected chi connectivity index (χ3v) is 5.66. The third-order valence-electron chi connectivity index (χ3n) is 5.66. The molecule has 0 aromatic rings. The average Bonchev–Trinajstić information content (AvgIpc) is 2.94. The van der Waals surface area contributed by atoms with Gasteiger partial charge in [-0.1, -0.05) is 12.8 Å². The minimum Gasteiger partial charge on any atom is -0.328 e. The van der Waals surface area contributed by atoms with Gasteiger partial charge in [-0.15, -0.1) is 0 Å². The van der Waals surface area contributed by atoms with Crippen LogP contribution in [0.3, 0.4) is 0 Å². The van der Waals surface area contributed by atoms with Gasteiger partial charge in [0, 0.05) is 44.8 Å². The van der Waals surface area contributed by atoms with Crippen LogP contribution in [0.15, 0.2) is 0 Å². The molecule has 2 saturated carbocycles. The molecule has 1 aliphatic heterocycles. The highest BCUT2D eigenvalue weighted by atomic mass is 15.3. The summed E-state index contributed by atoms with van der Waals surface area (Å²) in [6.07, 6.45) is 11.1. The summed E-state index contributed by atoms with van der Waals surface area (Å²) in [5.74, 6) is 1.01. The number of nitrogens with two attached hydrogens (primary N) is 1. The number of piperazine rings is 1. The van der Waals surface area contributed by atoms with E-state index in [1.807, 2.05) is 0 Å². The Morgan fingerprint density at radius 3 is 2.05 bits per heavy atom. The van der Waals surface area contributed by atoms with Crippen molar-refractivity contribution < 1.29 is 0 Å². The fourth-order valence-corrected chi connectivity index (χ4v) is 4.34. The Morgan fingerprint density at radius 1 is 0.789 bits per heavy atom. The molecule has 0 bridgehead atoms. The monoisotopic (exact) mass is 265 g/mol. The molecule has 3 aliphatic rings. The van der Waals surface area contributed by atoms with Crippen molar-refractivity contribution in [2.75, 3.05) is 32.7 Å². The van der Waals surface area contributed by atoms with Crippen LogP contribution >= 0.6 is 0 Å². The fourth-order valence-electron chi connectivity index (χ4n) is 4.34. The molecule has 1 heterocycles. The molecule has 3 rings (SSSR count). The second kappa shape index (κ2) is 6.55. The van der Waals surface area contributed by atoms with Crippen molar-refractivity contribution in [2.24, 2.45) is 11.7 Å². The van der Waals surface area contributed by atoms with E-state index in [4.69, 9.17) is 5.73 Å². The number of hydrogen-bond donors (Lipinski definition) is 1. The largest absolute Gasteiger partial charge is 0.328 e. The molecule has 3 heteroatoms. The number of rotatable bonds is 3. The van der Waals surface area contributed by atoms with E-state index in [1.165, 1.54) is 84.1 Å². The average molecular weight is 265 g/mol. The normalized spacial score (nSPS) is 35.8. The highest BCUT2D eigenvalue weighted by Gasteiger charge is 2.28. The first-order valence-electron chi connectivity index (χ1n) is 8.53. The summed E-state index contributed by atoms with van der Waals surface area (Å²) >= 11 is 0. The molecule has 0 spiro atoms. The smallest absolute Gasteiger partial charge is 0.0113 e. The summed E-state index contributed by atoms with van der Waals surface area (Å²) in [5.41, 5.74) is 6.01. The zero-order chi connectivity index (χ0) is 13.1. The van der Waals surface area contributed by atoms with E-state index < -0.39 is 0 Å². The van der Waals surface area contributed by atoms with Crippen molar-refractivity contribution in [2.45, 2.75) is 63.5 Å². The van der Waals surface area contributed by atoms with Gasteiger partial charge in [-0.2, -0.15) is 0 Å². The maximum absolute atomic E-state index is 6.01. The Bertz CT molecular complexity index is 259. The van der Waals surface area contributed by atoms with Gasteiger partial charge in [0.05, 0.1) is 0 Å². The third kappa shape index (κ3) is 3.71. The van der Waals surface area contributed by atoms with Crippen LogP contribution in [0.4, 0.5) is 0 Å². The van der Waals surface area contributed by atoms with Crippen LogP contribution in [-0.2, 0) is 0 Å². The van der Waals surface area contributed by atoms with Crippen LogP contribution in [0.2, 0.25) is 0 Å². The topological polar surface area (TPSA) is 32.5 Å². The Morgan fingerprint density at radius 2 is 1.42 bits per heavy atom. The SMILES string of the molecule is N[C@H]1CC[C@H](N2CCN(CC3CCCC3)CC2)CC1. The molecule has 19 heavy (non-hydrogen) atoms. The Kier molecular flexibility index (Phi) is 4.78. The van der Waals surface area contributed by atoms with Gasteiger partial charge in [0.25, 0.3) is 0 Å². The van der Waals surface area contributed by atoms with Crippen LogP contribution in [0, 0.1) is 5.92 Å². The van der Waals surface area contributed by atoms with Crippen LogP contribution in [0.25, 0.3) is 0 Å². The molecular formula is C16H31N3. The van der Waals surface area contributed by atoms with Gasteiger partial charge in [-0.05, 0) is 44.4 Å². The van der Waals surface area contributed by atoms with E-state index in [0.717, 1.165) is 12.0 Å². The highest BCUT2D eigenvalue weighted by molar-refractivity contribution is 4.85. The first-order chi connectivity index (χ1) is 9.31. The van der Waals surface area contributed by atoms with E-state index in [0.29, 0.717) is 6.04 Å². The first kappa shape index (κ1) is 13.8. The molecule has 2 aliphatic carbocycles. The van der Waals surface area contributed by atoms with Crippen molar-refractivity contribution in [1.29, 1.82) is 0 Å². The predicted molar refractivity (Wildman–Crippen MR) is 80.2 cm³/mol. The molecule has 0 atom stereocenters. The predicted octanol–water partition coefficient (Wildman–Crippen LogP) is 2.06. The molecule has 0 aromatic heterocycles. The van der Waals surface area contributed by atoms with Crippen molar-refractivity contribution >= 4 is 0 Å². The van der Waals surface area contributed by atoms with Gasteiger partial charge < -0.3 is 10.6 Å². The molecule has 110 valence electrons. The van der Waals surface area contributed by atoms with E-state index >= 15 is 0 Å². The zero-order valence-corrected chi connectivity index (χ0v) is 12.4. The summed E-state index contributed by atoms with van der Waals surface area (Å²) in [4.78, 5) is 5.47. The molecule has 2 N–H and O–H groups in total. The van der Waals surface area contributed by atoms with Gasteiger partial charge in [0.15, 0.2) is 0 Å². The lowest BCUT2D eigenvalue weighted by molar-refractivity contribution is 0.0691. The quantitative estimate of drug-likeness (QED) is 0.848. The van der Waals surface area contributed by atoms with Crippen LogP contribution < -0.4 is 5.73 Å². The number of hydrogen-bond acceptors (Lipinski definition) is 3. The van der Waals surface area contributed by atoms with E-state index in [-0.39, 0.29) is 0 Å². The van der Waals surface area contributed by atoms with Gasteiger partial charge >= 0.3 is 0 Å². The Balaban J connectivity index is 1.39. The Labute approximate surface area is 118 Å². The fraction of sp³-hybridized carbons (Fsp3) is 1.00. The maximum atomic E-state index is 6.01. The standard InChI is InChI=1S/C16H31N3/c17-15-5-7-16(8-6-15)19-11-9-18(10-12-19)13-14-3-1-2-4-14/h14-16H,1-13,17H2/t15-,16-. The molecule has 0 unspecified atom stereocenters. The lowest BCUT2D eigenvalue weighted by Crippen LogP contribution is -2.52. The Hall–Kier alpha value is -0.120. The lowest BCUT2D eigenvalue weighted by Gasteiger charge is -2.42. The van der Waals surface area contributed by atoms with Crippen LogP contribution in [0.5, 0.6) is 0 Å². The van der Waals surface area contributed by atoms with Crippen molar-refractivity contribution in [1.82, 2.24) is 9.80 Å². The molecule has 3 nitrogen and oxygen atoms in total. The summed E-state index contributed by atoms with van der Waals surface area (Å²) in [5, 5.41) is 0. The first-order valence-corrected chi connectivity index (χ1v) is 8.53. The van der Waals surface area contributed by atoms with Crippen LogP contribution in [-0.4, -0.2) is 54.6 Å².